The van der Waals surface area contributed by atoms with E-state index in [2.05, 4.69) is 54.2 Å². The van der Waals surface area contributed by atoms with Crippen LogP contribution in [0.25, 0.3) is 10.6 Å². The van der Waals surface area contributed by atoms with Crippen molar-refractivity contribution in [3.63, 3.8) is 0 Å². The standard InChI is InChI=1S/C26H28BrN5O2S/c27-20-12-10-19(11-13-20)25-31-32-26(35-25)30-23(33)16-15-21(14-9-18-6-2-1-3-7-18)29-24(34)22-8-4-5-17-28-22/h1-3,6-7,10-13,15-16,21-22,28H,4-5,8-9,14,17H2,(H,29,34)(H,30,32,33)/b16-15+/t21-,22?/m0/s1. The Morgan fingerprint density at radius 1 is 1.11 bits per heavy atom. The zero-order chi connectivity index (χ0) is 24.5. The van der Waals surface area contributed by atoms with E-state index in [1.165, 1.54) is 23.0 Å². The lowest BCUT2D eigenvalue weighted by atomic mass is 10.0. The van der Waals surface area contributed by atoms with Crippen LogP contribution in [-0.4, -0.2) is 40.6 Å². The molecule has 3 N–H and O–H groups in total. The largest absolute Gasteiger partial charge is 0.349 e. The molecule has 7 nitrogen and oxygen atoms in total. The monoisotopic (exact) mass is 553 g/mol. The number of nitrogens with one attached hydrogen (secondary N) is 3. The van der Waals surface area contributed by atoms with Gasteiger partial charge in [0.2, 0.25) is 16.9 Å². The summed E-state index contributed by atoms with van der Waals surface area (Å²) in [6, 6.07) is 17.4. The Kier molecular flexibility index (Phi) is 9.16. The van der Waals surface area contributed by atoms with Crippen molar-refractivity contribution < 1.29 is 9.59 Å². The number of carbonyl (C=O) groups excluding carboxylic acids is 2. The molecule has 1 aromatic heterocycles. The van der Waals surface area contributed by atoms with Crippen molar-refractivity contribution in [2.75, 3.05) is 11.9 Å². The number of carbonyl (C=O) groups is 2. The predicted octanol–water partition coefficient (Wildman–Crippen LogP) is 4.72. The maximum Gasteiger partial charge on any atom is 0.249 e. The zero-order valence-corrected chi connectivity index (χ0v) is 21.6. The van der Waals surface area contributed by atoms with E-state index in [1.807, 2.05) is 42.5 Å². The summed E-state index contributed by atoms with van der Waals surface area (Å²) in [6.45, 7) is 0.856. The SMILES string of the molecule is O=C(/C=C/[C@H](CCc1ccccc1)NC(=O)C1CCCCN1)Nc1nnc(-c2ccc(Br)cc2)s1. The molecule has 0 bridgehead atoms. The van der Waals surface area contributed by atoms with Crippen molar-refractivity contribution in [1.82, 2.24) is 20.8 Å². The molecular weight excluding hydrogens is 526 g/mol. The van der Waals surface area contributed by atoms with Crippen molar-refractivity contribution >= 4 is 44.2 Å². The first-order chi connectivity index (χ1) is 17.1. The number of rotatable bonds is 9. The maximum atomic E-state index is 12.8. The van der Waals surface area contributed by atoms with E-state index < -0.39 is 0 Å². The van der Waals surface area contributed by atoms with Gasteiger partial charge in [-0.05, 0) is 49.9 Å². The van der Waals surface area contributed by atoms with Gasteiger partial charge in [-0.2, -0.15) is 0 Å². The molecule has 4 rings (SSSR count). The van der Waals surface area contributed by atoms with E-state index in [-0.39, 0.29) is 23.9 Å². The number of amides is 2. The molecule has 2 atom stereocenters. The van der Waals surface area contributed by atoms with Gasteiger partial charge in [0.1, 0.15) is 5.01 Å². The Morgan fingerprint density at radius 2 is 1.91 bits per heavy atom. The van der Waals surface area contributed by atoms with Gasteiger partial charge in [0.25, 0.3) is 0 Å². The third-order valence-electron chi connectivity index (χ3n) is 5.77. The van der Waals surface area contributed by atoms with Crippen LogP contribution < -0.4 is 16.0 Å². The molecule has 0 radical (unpaired) electrons. The minimum absolute atomic E-state index is 0.0175. The number of anilines is 1. The number of hydrogen-bond acceptors (Lipinski definition) is 6. The lowest BCUT2D eigenvalue weighted by Gasteiger charge is -2.25. The van der Waals surface area contributed by atoms with Gasteiger partial charge in [0.15, 0.2) is 0 Å². The summed E-state index contributed by atoms with van der Waals surface area (Å²) in [7, 11) is 0. The molecule has 0 aliphatic carbocycles. The van der Waals surface area contributed by atoms with Gasteiger partial charge in [-0.25, -0.2) is 0 Å². The van der Waals surface area contributed by atoms with Crippen LogP contribution >= 0.6 is 27.3 Å². The van der Waals surface area contributed by atoms with Crippen LogP contribution in [0.4, 0.5) is 5.13 Å². The number of halogens is 1. The summed E-state index contributed by atoms with van der Waals surface area (Å²) in [5.74, 6) is -0.325. The summed E-state index contributed by atoms with van der Waals surface area (Å²) in [6.07, 6.45) is 7.68. The van der Waals surface area contributed by atoms with Crippen molar-refractivity contribution in [2.45, 2.75) is 44.2 Å². The van der Waals surface area contributed by atoms with Crippen molar-refractivity contribution in [3.05, 3.63) is 76.8 Å². The Hall–Kier alpha value is -2.88. The molecule has 0 saturated carbocycles. The fourth-order valence-electron chi connectivity index (χ4n) is 3.88. The molecule has 1 saturated heterocycles. The minimum Gasteiger partial charge on any atom is -0.349 e. The van der Waals surface area contributed by atoms with E-state index in [4.69, 9.17) is 0 Å². The van der Waals surface area contributed by atoms with Crippen molar-refractivity contribution in [3.8, 4) is 10.6 Å². The van der Waals surface area contributed by atoms with Gasteiger partial charge >= 0.3 is 0 Å². The Labute approximate surface area is 217 Å². The third-order valence-corrected chi connectivity index (χ3v) is 7.18. The lowest BCUT2D eigenvalue weighted by molar-refractivity contribution is -0.124. The molecule has 2 aromatic carbocycles. The number of benzene rings is 2. The van der Waals surface area contributed by atoms with Gasteiger partial charge in [-0.1, -0.05) is 82.2 Å². The van der Waals surface area contributed by atoms with Crippen LogP contribution in [0.3, 0.4) is 0 Å². The van der Waals surface area contributed by atoms with Gasteiger partial charge in [-0.3, -0.25) is 14.9 Å². The summed E-state index contributed by atoms with van der Waals surface area (Å²) in [4.78, 5) is 25.4. The number of aryl methyl sites for hydroxylation is 1. The molecule has 1 unspecified atom stereocenters. The highest BCUT2D eigenvalue weighted by Gasteiger charge is 2.22. The molecule has 182 valence electrons. The second-order valence-electron chi connectivity index (χ2n) is 8.41. The molecule has 1 aliphatic rings. The maximum absolute atomic E-state index is 12.8. The second kappa shape index (κ2) is 12.7. The second-order valence-corrected chi connectivity index (χ2v) is 10.3. The Bertz CT molecular complexity index is 1140. The number of piperidine rings is 1. The van der Waals surface area contributed by atoms with E-state index in [9.17, 15) is 9.59 Å². The quantitative estimate of drug-likeness (QED) is 0.333. The number of hydrogen-bond donors (Lipinski definition) is 3. The molecule has 2 amide bonds. The minimum atomic E-state index is -0.307. The lowest BCUT2D eigenvalue weighted by Crippen LogP contribution is -2.49. The molecule has 1 aliphatic heterocycles. The molecule has 1 fully saturated rings. The van der Waals surface area contributed by atoms with Crippen LogP contribution in [0.15, 0.2) is 71.2 Å². The van der Waals surface area contributed by atoms with Gasteiger partial charge in [0.05, 0.1) is 6.04 Å². The first-order valence-corrected chi connectivity index (χ1v) is 13.3. The Morgan fingerprint density at radius 3 is 2.66 bits per heavy atom. The zero-order valence-electron chi connectivity index (χ0n) is 19.2. The molecule has 35 heavy (non-hydrogen) atoms. The fraction of sp³-hybridized carbons (Fsp3) is 0.308. The van der Waals surface area contributed by atoms with E-state index in [1.54, 1.807) is 6.08 Å². The van der Waals surface area contributed by atoms with E-state index in [0.29, 0.717) is 11.6 Å². The summed E-state index contributed by atoms with van der Waals surface area (Å²) in [5.41, 5.74) is 2.12. The van der Waals surface area contributed by atoms with Crippen LogP contribution in [0.5, 0.6) is 0 Å². The summed E-state index contributed by atoms with van der Waals surface area (Å²) in [5, 5.41) is 18.6. The average Bonchev–Trinajstić information content (AvgIpc) is 3.35. The third kappa shape index (κ3) is 7.81. The molecule has 3 aromatic rings. The highest BCUT2D eigenvalue weighted by atomic mass is 79.9. The smallest absolute Gasteiger partial charge is 0.249 e. The van der Waals surface area contributed by atoms with E-state index in [0.717, 1.165) is 47.3 Å². The summed E-state index contributed by atoms with van der Waals surface area (Å²) >= 11 is 4.73. The van der Waals surface area contributed by atoms with Crippen LogP contribution in [0, 0.1) is 0 Å². The first-order valence-electron chi connectivity index (χ1n) is 11.7. The summed E-state index contributed by atoms with van der Waals surface area (Å²) < 4.78 is 0.984. The number of nitrogens with zero attached hydrogens (tertiary/aromatic N) is 2. The van der Waals surface area contributed by atoms with E-state index >= 15 is 0 Å². The Balaban J connectivity index is 1.37. The average molecular weight is 555 g/mol. The molecule has 9 heteroatoms. The topological polar surface area (TPSA) is 96.0 Å². The number of aromatic nitrogens is 2. The van der Waals surface area contributed by atoms with Crippen molar-refractivity contribution in [1.29, 1.82) is 0 Å². The predicted molar refractivity (Wildman–Crippen MR) is 143 cm³/mol. The van der Waals surface area contributed by atoms with Crippen LogP contribution in [-0.2, 0) is 16.0 Å². The van der Waals surface area contributed by atoms with Crippen molar-refractivity contribution in [2.24, 2.45) is 0 Å². The fourth-order valence-corrected chi connectivity index (χ4v) is 4.89. The normalized spacial score (nSPS) is 16.7. The van der Waals surface area contributed by atoms with Crippen LogP contribution in [0.2, 0.25) is 0 Å². The van der Waals surface area contributed by atoms with Gasteiger partial charge in [-0.15, -0.1) is 10.2 Å². The van der Waals surface area contributed by atoms with Gasteiger partial charge in [0, 0.05) is 22.2 Å². The molecule has 2 heterocycles. The van der Waals surface area contributed by atoms with Gasteiger partial charge < -0.3 is 10.6 Å². The highest BCUT2D eigenvalue weighted by Crippen LogP contribution is 2.27. The molecule has 0 spiro atoms. The first kappa shape index (κ1) is 25.2. The highest BCUT2D eigenvalue weighted by molar-refractivity contribution is 9.10. The van der Waals surface area contributed by atoms with Crippen LogP contribution in [0.1, 0.15) is 31.2 Å². The molecular formula is C26H28BrN5O2S.